The quantitative estimate of drug-likeness (QED) is 0.876. The molecule has 4 rings (SSSR count). The Balaban J connectivity index is 1.74. The molecule has 2 heterocycles. The molecule has 1 aromatic carbocycles. The number of fused-ring (bicyclic) bond motifs is 2. The lowest BCUT2D eigenvalue weighted by molar-refractivity contribution is 0.0214. The summed E-state index contributed by atoms with van der Waals surface area (Å²) in [6, 6.07) is 7.54. The van der Waals surface area contributed by atoms with Crippen LogP contribution in [0.1, 0.15) is 49.5 Å². The summed E-state index contributed by atoms with van der Waals surface area (Å²) < 4.78 is 0. The molecule has 1 saturated heterocycles. The number of nitrogens with zero attached hydrogens (tertiary/aromatic N) is 2. The van der Waals surface area contributed by atoms with Crippen LogP contribution >= 0.6 is 0 Å². The fourth-order valence-corrected chi connectivity index (χ4v) is 4.58. The number of likely N-dealkylation sites (tertiary alicyclic amines) is 1. The SMILES string of the molecule is C[C@@H]1CCN(C(=O)c2n[nH]c(=O)c3ccccc23)[C@@H]2CCCC[C@@H]12. The van der Waals surface area contributed by atoms with Gasteiger partial charge in [-0.15, -0.1) is 0 Å². The normalized spacial score (nSPS) is 27.0. The number of carbonyl (C=O) groups excluding carboxylic acids is 1. The minimum atomic E-state index is -0.245. The van der Waals surface area contributed by atoms with E-state index in [0.29, 0.717) is 34.3 Å². The molecular weight excluding hydrogens is 302 g/mol. The Hall–Kier alpha value is -2.17. The van der Waals surface area contributed by atoms with Crippen molar-refractivity contribution in [2.75, 3.05) is 6.54 Å². The number of carbonyl (C=O) groups is 1. The van der Waals surface area contributed by atoms with Gasteiger partial charge in [0.15, 0.2) is 5.69 Å². The predicted octanol–water partition coefficient (Wildman–Crippen LogP) is 2.96. The van der Waals surface area contributed by atoms with E-state index in [0.717, 1.165) is 19.4 Å². The molecule has 0 unspecified atom stereocenters. The van der Waals surface area contributed by atoms with Crippen molar-refractivity contribution in [2.45, 2.75) is 45.1 Å². The number of benzene rings is 1. The Morgan fingerprint density at radius 1 is 1.17 bits per heavy atom. The molecule has 1 aliphatic heterocycles. The van der Waals surface area contributed by atoms with Gasteiger partial charge in [-0.05, 0) is 37.2 Å². The highest BCUT2D eigenvalue weighted by Gasteiger charge is 2.40. The number of amides is 1. The van der Waals surface area contributed by atoms with Crippen molar-refractivity contribution in [1.82, 2.24) is 15.1 Å². The van der Waals surface area contributed by atoms with Gasteiger partial charge in [-0.25, -0.2) is 5.10 Å². The average molecular weight is 325 g/mol. The molecule has 2 aromatic rings. The first-order chi connectivity index (χ1) is 11.7. The Bertz CT molecular complexity index is 829. The zero-order valence-electron chi connectivity index (χ0n) is 14.0. The molecule has 1 N–H and O–H groups in total. The van der Waals surface area contributed by atoms with Crippen molar-refractivity contribution < 1.29 is 4.79 Å². The molecule has 5 nitrogen and oxygen atoms in total. The van der Waals surface area contributed by atoms with E-state index in [2.05, 4.69) is 17.1 Å². The molecule has 0 bridgehead atoms. The van der Waals surface area contributed by atoms with Crippen LogP contribution in [-0.2, 0) is 0 Å². The van der Waals surface area contributed by atoms with E-state index in [4.69, 9.17) is 0 Å². The lowest BCUT2D eigenvalue weighted by Crippen LogP contribution is -2.52. The van der Waals surface area contributed by atoms with E-state index in [-0.39, 0.29) is 11.5 Å². The van der Waals surface area contributed by atoms with E-state index in [1.807, 2.05) is 23.1 Å². The van der Waals surface area contributed by atoms with Gasteiger partial charge in [-0.2, -0.15) is 5.10 Å². The zero-order chi connectivity index (χ0) is 16.7. The van der Waals surface area contributed by atoms with Gasteiger partial charge >= 0.3 is 0 Å². The third-order valence-electron chi connectivity index (χ3n) is 5.90. The Morgan fingerprint density at radius 2 is 1.92 bits per heavy atom. The van der Waals surface area contributed by atoms with Gasteiger partial charge in [0.25, 0.3) is 11.5 Å². The lowest BCUT2D eigenvalue weighted by atomic mass is 9.72. The number of aromatic amines is 1. The van der Waals surface area contributed by atoms with E-state index >= 15 is 0 Å². The Morgan fingerprint density at radius 3 is 2.75 bits per heavy atom. The van der Waals surface area contributed by atoms with Gasteiger partial charge in [-0.3, -0.25) is 9.59 Å². The van der Waals surface area contributed by atoms with Crippen molar-refractivity contribution in [2.24, 2.45) is 11.8 Å². The summed E-state index contributed by atoms with van der Waals surface area (Å²) >= 11 is 0. The van der Waals surface area contributed by atoms with Gasteiger partial charge in [-0.1, -0.05) is 38.0 Å². The smallest absolute Gasteiger partial charge is 0.275 e. The summed E-state index contributed by atoms with van der Waals surface area (Å²) in [5, 5.41) is 7.78. The molecule has 0 spiro atoms. The predicted molar refractivity (Wildman–Crippen MR) is 92.9 cm³/mol. The summed E-state index contributed by atoms with van der Waals surface area (Å²) in [7, 11) is 0. The fraction of sp³-hybridized carbons (Fsp3) is 0.526. The first kappa shape index (κ1) is 15.4. The van der Waals surface area contributed by atoms with Crippen LogP contribution in [0.15, 0.2) is 29.1 Å². The zero-order valence-corrected chi connectivity index (χ0v) is 14.0. The van der Waals surface area contributed by atoms with Crippen LogP contribution in [0.25, 0.3) is 10.8 Å². The van der Waals surface area contributed by atoms with Crippen molar-refractivity contribution in [3.05, 3.63) is 40.3 Å². The van der Waals surface area contributed by atoms with E-state index in [1.54, 1.807) is 6.07 Å². The second-order valence-corrected chi connectivity index (χ2v) is 7.23. The van der Waals surface area contributed by atoms with Crippen LogP contribution in [0.2, 0.25) is 0 Å². The van der Waals surface area contributed by atoms with Gasteiger partial charge < -0.3 is 4.90 Å². The number of hydrogen-bond acceptors (Lipinski definition) is 3. The highest BCUT2D eigenvalue weighted by molar-refractivity contribution is 6.04. The number of hydrogen-bond donors (Lipinski definition) is 1. The fourth-order valence-electron chi connectivity index (χ4n) is 4.58. The second-order valence-electron chi connectivity index (χ2n) is 7.23. The van der Waals surface area contributed by atoms with E-state index < -0.39 is 0 Å². The van der Waals surface area contributed by atoms with Crippen molar-refractivity contribution in [3.63, 3.8) is 0 Å². The third kappa shape index (κ3) is 2.43. The number of H-pyrrole nitrogens is 1. The number of rotatable bonds is 1. The molecule has 1 aromatic heterocycles. The maximum Gasteiger partial charge on any atom is 0.275 e. The summed E-state index contributed by atoms with van der Waals surface area (Å²) in [6.07, 6.45) is 5.82. The van der Waals surface area contributed by atoms with Crippen LogP contribution in [0.4, 0.5) is 0 Å². The second kappa shape index (κ2) is 6.04. The molecule has 2 fully saturated rings. The maximum absolute atomic E-state index is 13.2. The van der Waals surface area contributed by atoms with Crippen LogP contribution in [0.5, 0.6) is 0 Å². The van der Waals surface area contributed by atoms with Gasteiger partial charge in [0, 0.05) is 18.0 Å². The molecule has 5 heteroatoms. The summed E-state index contributed by atoms with van der Waals surface area (Å²) in [4.78, 5) is 27.2. The maximum atomic E-state index is 13.2. The Labute approximate surface area is 141 Å². The third-order valence-corrected chi connectivity index (χ3v) is 5.90. The van der Waals surface area contributed by atoms with Crippen LogP contribution in [-0.4, -0.2) is 33.6 Å². The summed E-state index contributed by atoms with van der Waals surface area (Å²) in [5.41, 5.74) is 0.133. The topological polar surface area (TPSA) is 66.1 Å². The molecule has 24 heavy (non-hydrogen) atoms. The monoisotopic (exact) mass is 325 g/mol. The molecule has 1 saturated carbocycles. The lowest BCUT2D eigenvalue weighted by Gasteiger charge is -2.47. The summed E-state index contributed by atoms with van der Waals surface area (Å²) in [6.45, 7) is 3.11. The Kier molecular flexibility index (Phi) is 3.87. The first-order valence-electron chi connectivity index (χ1n) is 8.95. The molecular formula is C19H23N3O2. The summed E-state index contributed by atoms with van der Waals surface area (Å²) in [5.74, 6) is 1.25. The van der Waals surface area contributed by atoms with Crippen LogP contribution < -0.4 is 5.56 Å². The van der Waals surface area contributed by atoms with Gasteiger partial charge in [0.2, 0.25) is 0 Å². The molecule has 126 valence electrons. The van der Waals surface area contributed by atoms with Crippen molar-refractivity contribution >= 4 is 16.7 Å². The number of nitrogens with one attached hydrogen (secondary N) is 1. The van der Waals surface area contributed by atoms with Gasteiger partial charge in [0.05, 0.1) is 5.39 Å². The molecule has 1 amide bonds. The highest BCUT2D eigenvalue weighted by Crippen LogP contribution is 2.39. The highest BCUT2D eigenvalue weighted by atomic mass is 16.2. The van der Waals surface area contributed by atoms with E-state index in [9.17, 15) is 9.59 Å². The molecule has 3 atom stereocenters. The average Bonchev–Trinajstić information content (AvgIpc) is 2.62. The number of piperidine rings is 1. The number of aromatic nitrogens is 2. The van der Waals surface area contributed by atoms with Crippen molar-refractivity contribution in [1.29, 1.82) is 0 Å². The molecule has 2 aliphatic rings. The first-order valence-corrected chi connectivity index (χ1v) is 8.95. The standard InChI is InChI=1S/C19H23N3O2/c1-12-10-11-22(16-9-5-4-6-13(12)16)19(24)17-14-7-2-3-8-15(14)18(23)21-20-17/h2-3,7-8,12-13,16H,4-6,9-11H2,1H3,(H,21,23)/t12-,13+,16-/m1/s1. The molecule has 1 aliphatic carbocycles. The molecule has 0 radical (unpaired) electrons. The van der Waals surface area contributed by atoms with Crippen molar-refractivity contribution in [3.8, 4) is 0 Å². The minimum Gasteiger partial charge on any atom is -0.334 e. The van der Waals surface area contributed by atoms with Crippen LogP contribution in [0.3, 0.4) is 0 Å². The largest absolute Gasteiger partial charge is 0.334 e. The van der Waals surface area contributed by atoms with Crippen LogP contribution in [0, 0.1) is 11.8 Å². The minimum absolute atomic E-state index is 0.0359. The van der Waals surface area contributed by atoms with E-state index in [1.165, 1.54) is 19.3 Å². The van der Waals surface area contributed by atoms with Gasteiger partial charge in [0.1, 0.15) is 0 Å².